The minimum atomic E-state index is -0.324. The number of rotatable bonds is 8. The lowest BCUT2D eigenvalue weighted by molar-refractivity contribution is -0.122. The number of nitrogens with zero attached hydrogens (tertiary/aromatic N) is 1. The Labute approximate surface area is 192 Å². The molecule has 0 aromatic heterocycles. The van der Waals surface area contributed by atoms with Crippen LogP contribution < -0.4 is 0 Å². The molecular formula is C25H41NO6. The van der Waals surface area contributed by atoms with Gasteiger partial charge in [-0.1, -0.05) is 11.6 Å². The number of allylic oxidation sites excluding steroid dienone is 1. The van der Waals surface area contributed by atoms with Crippen LogP contribution >= 0.6 is 0 Å². The zero-order valence-corrected chi connectivity index (χ0v) is 20.6. The Hall–Kier alpha value is -1.15. The van der Waals surface area contributed by atoms with E-state index in [2.05, 4.69) is 26.8 Å². The van der Waals surface area contributed by atoms with Gasteiger partial charge in [0.1, 0.15) is 23.4 Å². The highest BCUT2D eigenvalue weighted by Gasteiger charge is 2.72. The van der Waals surface area contributed by atoms with Crippen LogP contribution in [-0.4, -0.2) is 79.5 Å². The molecule has 1 saturated carbocycles. The molecule has 0 radical (unpaired) electrons. The van der Waals surface area contributed by atoms with Gasteiger partial charge in [-0.25, -0.2) is 4.79 Å². The third-order valence-corrected chi connectivity index (χ3v) is 7.72. The molecule has 0 N–H and O–H groups in total. The van der Waals surface area contributed by atoms with Crippen molar-refractivity contribution in [2.45, 2.75) is 108 Å². The largest absolute Gasteiger partial charge is 0.443 e. The average Bonchev–Trinajstić information content (AvgIpc) is 3.59. The van der Waals surface area contributed by atoms with E-state index in [0.29, 0.717) is 6.61 Å². The Morgan fingerprint density at radius 1 is 1.28 bits per heavy atom. The van der Waals surface area contributed by atoms with Gasteiger partial charge in [0.05, 0.1) is 37.4 Å². The van der Waals surface area contributed by atoms with Crippen molar-refractivity contribution in [3.8, 4) is 0 Å². The van der Waals surface area contributed by atoms with E-state index in [9.17, 15) is 4.79 Å². The van der Waals surface area contributed by atoms with Gasteiger partial charge in [0, 0.05) is 13.7 Å². The number of epoxide rings is 2. The van der Waals surface area contributed by atoms with E-state index in [1.165, 1.54) is 5.57 Å². The van der Waals surface area contributed by atoms with Gasteiger partial charge < -0.3 is 28.6 Å². The first kappa shape index (κ1) is 24.0. The maximum absolute atomic E-state index is 13.1. The second-order valence-corrected chi connectivity index (χ2v) is 10.7. The van der Waals surface area contributed by atoms with Gasteiger partial charge in [0.2, 0.25) is 0 Å². The summed E-state index contributed by atoms with van der Waals surface area (Å²) in [5.41, 5.74) is 0.759. The van der Waals surface area contributed by atoms with Crippen LogP contribution in [0.15, 0.2) is 11.6 Å². The predicted octanol–water partition coefficient (Wildman–Crippen LogP) is 4.09. The van der Waals surface area contributed by atoms with E-state index in [-0.39, 0.29) is 53.7 Å². The van der Waals surface area contributed by atoms with E-state index < -0.39 is 0 Å². The summed E-state index contributed by atoms with van der Waals surface area (Å²) in [7, 11) is 1.71. The Bertz CT molecular complexity index is 715. The molecule has 0 aromatic rings. The van der Waals surface area contributed by atoms with Crippen LogP contribution in [0.25, 0.3) is 0 Å². The fourth-order valence-electron chi connectivity index (χ4n) is 5.82. The number of carbonyl (C=O) groups is 1. The molecule has 3 saturated heterocycles. The summed E-state index contributed by atoms with van der Waals surface area (Å²) < 4.78 is 30.2. The smallest absolute Gasteiger partial charge is 0.410 e. The maximum atomic E-state index is 13.1. The van der Waals surface area contributed by atoms with Crippen LogP contribution in [0, 0.1) is 5.92 Å². The Morgan fingerprint density at radius 3 is 2.66 bits per heavy atom. The molecule has 32 heavy (non-hydrogen) atoms. The van der Waals surface area contributed by atoms with E-state index in [4.69, 9.17) is 23.7 Å². The molecule has 182 valence electrons. The second-order valence-electron chi connectivity index (χ2n) is 10.7. The van der Waals surface area contributed by atoms with E-state index in [1.807, 2.05) is 18.7 Å². The third kappa shape index (κ3) is 4.72. The lowest BCUT2D eigenvalue weighted by Crippen LogP contribution is -2.56. The van der Waals surface area contributed by atoms with Crippen molar-refractivity contribution in [3.63, 3.8) is 0 Å². The van der Waals surface area contributed by atoms with Gasteiger partial charge in [0.15, 0.2) is 0 Å². The van der Waals surface area contributed by atoms with Gasteiger partial charge >= 0.3 is 6.09 Å². The van der Waals surface area contributed by atoms with Crippen molar-refractivity contribution >= 4 is 6.09 Å². The van der Waals surface area contributed by atoms with Crippen molar-refractivity contribution < 1.29 is 28.5 Å². The Balaban J connectivity index is 1.44. The van der Waals surface area contributed by atoms with E-state index >= 15 is 0 Å². The maximum Gasteiger partial charge on any atom is 0.410 e. The van der Waals surface area contributed by atoms with Crippen molar-refractivity contribution in [2.75, 3.05) is 26.9 Å². The first-order valence-electron chi connectivity index (χ1n) is 12.3. The normalized spacial score (nSPS) is 40.6. The predicted molar refractivity (Wildman–Crippen MR) is 121 cm³/mol. The molecule has 0 bridgehead atoms. The fourth-order valence-corrected chi connectivity index (χ4v) is 5.82. The number of amides is 1. The van der Waals surface area contributed by atoms with Gasteiger partial charge in [0.25, 0.3) is 0 Å². The molecule has 4 fully saturated rings. The van der Waals surface area contributed by atoms with Crippen LogP contribution in [0.2, 0.25) is 0 Å². The van der Waals surface area contributed by atoms with Crippen LogP contribution in [-0.2, 0) is 23.7 Å². The molecular weight excluding hydrogens is 410 g/mol. The molecule has 4 aliphatic rings. The zero-order valence-electron chi connectivity index (χ0n) is 20.6. The fraction of sp³-hybridized carbons (Fsp3) is 0.880. The monoisotopic (exact) mass is 451 g/mol. The summed E-state index contributed by atoms with van der Waals surface area (Å²) in [6.45, 7) is 12.4. The summed E-state index contributed by atoms with van der Waals surface area (Å²) >= 11 is 0. The molecule has 7 heteroatoms. The molecule has 1 aliphatic carbocycles. The number of carbonyl (C=O) groups excluding carboxylic acids is 1. The molecule has 7 atom stereocenters. The number of ether oxygens (including phenoxy) is 5. The number of methoxy groups -OCH3 is 1. The highest BCUT2D eigenvalue weighted by atomic mass is 16.6. The molecule has 3 unspecified atom stereocenters. The first-order valence-corrected chi connectivity index (χ1v) is 12.3. The first-order chi connectivity index (χ1) is 15.2. The molecule has 0 aromatic carbocycles. The number of hydrogen-bond donors (Lipinski definition) is 0. The van der Waals surface area contributed by atoms with Crippen LogP contribution in [0.4, 0.5) is 4.79 Å². The van der Waals surface area contributed by atoms with E-state index in [1.54, 1.807) is 7.11 Å². The quantitative estimate of drug-likeness (QED) is 0.409. The van der Waals surface area contributed by atoms with Gasteiger partial charge in [-0.15, -0.1) is 0 Å². The summed E-state index contributed by atoms with van der Waals surface area (Å²) in [6, 6.07) is 0.0844. The van der Waals surface area contributed by atoms with Crippen molar-refractivity contribution in [2.24, 2.45) is 5.92 Å². The topological polar surface area (TPSA) is 73.1 Å². The van der Waals surface area contributed by atoms with Crippen molar-refractivity contribution in [1.29, 1.82) is 0 Å². The minimum Gasteiger partial charge on any atom is -0.443 e. The lowest BCUT2D eigenvalue weighted by Gasteiger charge is -2.43. The zero-order chi connectivity index (χ0) is 23.1. The Kier molecular flexibility index (Phi) is 6.93. The standard InChI is InChI=1S/C25H41NO6/c1-16(2)9-10-20-24(5,32-20)22-21(28-6)19(11-12-25(22)15-30-25)31-23(27)26-13-7-8-18(26)14-29-17(3)4/h9,17-22H,7-8,10-15H2,1-6H3/t18-,19?,20+,21?,22?,24-,25-/m0/s1. The third-order valence-electron chi connectivity index (χ3n) is 7.72. The lowest BCUT2D eigenvalue weighted by atomic mass is 9.68. The van der Waals surface area contributed by atoms with Gasteiger partial charge in [-0.05, 0) is 66.7 Å². The highest BCUT2D eigenvalue weighted by Crippen LogP contribution is 2.59. The van der Waals surface area contributed by atoms with Crippen molar-refractivity contribution in [3.05, 3.63) is 11.6 Å². The Morgan fingerprint density at radius 2 is 2.03 bits per heavy atom. The summed E-state index contributed by atoms with van der Waals surface area (Å²) in [6.07, 6.45) is 6.17. The minimum absolute atomic E-state index is 0.0424. The second kappa shape index (κ2) is 9.24. The molecule has 1 spiro atoms. The summed E-state index contributed by atoms with van der Waals surface area (Å²) in [5, 5.41) is 0. The van der Waals surface area contributed by atoms with E-state index in [0.717, 1.165) is 45.3 Å². The molecule has 3 heterocycles. The molecule has 7 nitrogen and oxygen atoms in total. The average molecular weight is 452 g/mol. The molecule has 1 amide bonds. The highest BCUT2D eigenvalue weighted by molar-refractivity contribution is 5.68. The summed E-state index contributed by atoms with van der Waals surface area (Å²) in [4.78, 5) is 15.0. The van der Waals surface area contributed by atoms with Crippen LogP contribution in [0.1, 0.15) is 66.7 Å². The molecule has 3 aliphatic heterocycles. The summed E-state index contributed by atoms with van der Waals surface area (Å²) in [5.74, 6) is 0.0424. The SMILES string of the molecule is COC1C(OC(=O)N2CCC[C@H]2COC(C)C)CC[C@]2(CO2)C1[C@@]1(C)O[C@@H]1CC=C(C)C. The van der Waals surface area contributed by atoms with Gasteiger partial charge in [-0.2, -0.15) is 0 Å². The van der Waals surface area contributed by atoms with Gasteiger partial charge in [-0.3, -0.25) is 0 Å². The number of likely N-dealkylation sites (tertiary alicyclic amines) is 1. The van der Waals surface area contributed by atoms with Crippen molar-refractivity contribution in [1.82, 2.24) is 4.90 Å². The number of hydrogen-bond acceptors (Lipinski definition) is 6. The van der Waals surface area contributed by atoms with Crippen LogP contribution in [0.3, 0.4) is 0 Å². The van der Waals surface area contributed by atoms with Crippen LogP contribution in [0.5, 0.6) is 0 Å². The molecule has 4 rings (SSSR count).